The van der Waals surface area contributed by atoms with E-state index in [-0.39, 0.29) is 29.6 Å². The summed E-state index contributed by atoms with van der Waals surface area (Å²) >= 11 is 5.78. The number of hydrogen-bond donors (Lipinski definition) is 0. The highest BCUT2D eigenvalue weighted by Crippen LogP contribution is 2.22. The van der Waals surface area contributed by atoms with Gasteiger partial charge in [0.1, 0.15) is 5.82 Å². The molecule has 1 aromatic heterocycles. The summed E-state index contributed by atoms with van der Waals surface area (Å²) in [7, 11) is -3.60. The van der Waals surface area contributed by atoms with E-state index < -0.39 is 10.0 Å². The molecule has 0 aliphatic carbocycles. The molecule has 1 aliphatic rings. The zero-order valence-corrected chi connectivity index (χ0v) is 13.5. The molecule has 0 bridgehead atoms. The zero-order chi connectivity index (χ0) is 14.9. The van der Waals surface area contributed by atoms with Gasteiger partial charge in [0.2, 0.25) is 0 Å². The molecule has 0 amide bonds. The minimum absolute atomic E-state index is 0.0962. The lowest BCUT2D eigenvalue weighted by atomic mass is 10.2. The van der Waals surface area contributed by atoms with Crippen molar-refractivity contribution in [3.05, 3.63) is 12.0 Å². The number of halogens is 1. The Labute approximate surface area is 124 Å². The number of aryl methyl sites for hydroxylation is 2. The van der Waals surface area contributed by atoms with Gasteiger partial charge in [0.15, 0.2) is 5.03 Å². The molecule has 1 saturated heterocycles. The van der Waals surface area contributed by atoms with Crippen molar-refractivity contribution >= 4 is 21.6 Å². The van der Waals surface area contributed by atoms with Gasteiger partial charge in [-0.05, 0) is 20.8 Å². The maximum atomic E-state index is 12.7. The molecule has 2 rings (SSSR count). The molecular weight excluding hydrogens is 302 g/mol. The Morgan fingerprint density at radius 1 is 1.55 bits per heavy atom. The van der Waals surface area contributed by atoms with Gasteiger partial charge in [0.25, 0.3) is 10.0 Å². The quantitative estimate of drug-likeness (QED) is 0.782. The summed E-state index contributed by atoms with van der Waals surface area (Å²) in [5.41, 5.74) is 0. The first-order valence-electron chi connectivity index (χ1n) is 6.63. The fraction of sp³-hybridized carbons (Fsp3) is 0.750. The molecule has 20 heavy (non-hydrogen) atoms. The monoisotopic (exact) mass is 321 g/mol. The molecule has 2 atom stereocenters. The molecule has 1 aromatic rings. The Bertz CT molecular complexity index is 573. The summed E-state index contributed by atoms with van der Waals surface area (Å²) in [6, 6.07) is -0.216. The van der Waals surface area contributed by atoms with E-state index in [0.29, 0.717) is 19.0 Å². The van der Waals surface area contributed by atoms with Crippen LogP contribution in [0.4, 0.5) is 0 Å². The molecule has 1 fully saturated rings. The fourth-order valence-corrected chi connectivity index (χ4v) is 4.10. The molecule has 0 saturated carbocycles. The Morgan fingerprint density at radius 2 is 2.25 bits per heavy atom. The number of imidazole rings is 1. The molecule has 0 aromatic carbocycles. The highest BCUT2D eigenvalue weighted by atomic mass is 35.5. The minimum atomic E-state index is -3.60. The highest BCUT2D eigenvalue weighted by Gasteiger charge is 2.36. The van der Waals surface area contributed by atoms with Gasteiger partial charge in [-0.1, -0.05) is 0 Å². The van der Waals surface area contributed by atoms with Crippen LogP contribution < -0.4 is 0 Å². The number of aromatic nitrogens is 2. The third-order valence-electron chi connectivity index (χ3n) is 3.49. The van der Waals surface area contributed by atoms with Crippen molar-refractivity contribution in [2.24, 2.45) is 0 Å². The standard InChI is InChI=1S/C12H20ClN3O3S/c1-4-15-7-12(14-10(15)3)20(17,18)16-6-11(5-13)19-8-9(16)2/h7,9,11H,4-6,8H2,1-3H3. The molecule has 0 N–H and O–H groups in total. The van der Waals surface area contributed by atoms with Gasteiger partial charge in [0.05, 0.1) is 12.7 Å². The smallest absolute Gasteiger partial charge is 0.262 e. The van der Waals surface area contributed by atoms with Crippen LogP contribution in [-0.4, -0.2) is 53.5 Å². The van der Waals surface area contributed by atoms with Crippen LogP contribution in [0.2, 0.25) is 0 Å². The van der Waals surface area contributed by atoms with Crippen LogP contribution in [-0.2, 0) is 21.3 Å². The largest absolute Gasteiger partial charge is 0.374 e. The molecule has 6 nitrogen and oxygen atoms in total. The van der Waals surface area contributed by atoms with Crippen LogP contribution in [0, 0.1) is 6.92 Å². The van der Waals surface area contributed by atoms with Crippen molar-refractivity contribution in [3.8, 4) is 0 Å². The van der Waals surface area contributed by atoms with Crippen LogP contribution in [0.1, 0.15) is 19.7 Å². The average Bonchev–Trinajstić information content (AvgIpc) is 2.81. The number of morpholine rings is 1. The molecule has 0 spiro atoms. The van der Waals surface area contributed by atoms with Crippen LogP contribution >= 0.6 is 11.6 Å². The van der Waals surface area contributed by atoms with E-state index in [9.17, 15) is 8.42 Å². The lowest BCUT2D eigenvalue weighted by Gasteiger charge is -2.35. The van der Waals surface area contributed by atoms with Gasteiger partial charge >= 0.3 is 0 Å². The van der Waals surface area contributed by atoms with E-state index in [1.807, 2.05) is 18.4 Å². The minimum Gasteiger partial charge on any atom is -0.374 e. The zero-order valence-electron chi connectivity index (χ0n) is 11.9. The maximum absolute atomic E-state index is 12.7. The number of hydrogen-bond acceptors (Lipinski definition) is 4. The fourth-order valence-electron chi connectivity index (χ4n) is 2.26. The lowest BCUT2D eigenvalue weighted by molar-refractivity contribution is -0.0152. The molecular formula is C12H20ClN3O3S. The predicted octanol–water partition coefficient (Wildman–Crippen LogP) is 1.23. The van der Waals surface area contributed by atoms with Crippen molar-refractivity contribution in [2.45, 2.75) is 44.5 Å². The first kappa shape index (κ1) is 15.8. The second kappa shape index (κ2) is 6.01. The average molecular weight is 322 g/mol. The molecule has 114 valence electrons. The molecule has 2 heterocycles. The number of ether oxygens (including phenoxy) is 1. The summed E-state index contributed by atoms with van der Waals surface area (Å²) in [5.74, 6) is 0.974. The number of nitrogens with zero attached hydrogens (tertiary/aromatic N) is 3. The third kappa shape index (κ3) is 2.86. The summed E-state index contributed by atoms with van der Waals surface area (Å²) in [6.45, 7) is 6.89. The summed E-state index contributed by atoms with van der Waals surface area (Å²) < 4.78 is 34.1. The summed E-state index contributed by atoms with van der Waals surface area (Å²) in [4.78, 5) is 4.17. The van der Waals surface area contributed by atoms with Crippen LogP contribution in [0.5, 0.6) is 0 Å². The number of sulfonamides is 1. The lowest BCUT2D eigenvalue weighted by Crippen LogP contribution is -2.51. The van der Waals surface area contributed by atoms with E-state index in [1.54, 1.807) is 13.1 Å². The van der Waals surface area contributed by atoms with Crippen LogP contribution in [0.3, 0.4) is 0 Å². The first-order valence-corrected chi connectivity index (χ1v) is 8.60. The Morgan fingerprint density at radius 3 is 2.80 bits per heavy atom. The molecule has 2 unspecified atom stereocenters. The van der Waals surface area contributed by atoms with E-state index >= 15 is 0 Å². The van der Waals surface area contributed by atoms with Crippen molar-refractivity contribution in [3.63, 3.8) is 0 Å². The van der Waals surface area contributed by atoms with Gasteiger partial charge in [0, 0.05) is 31.2 Å². The normalized spacial score (nSPS) is 25.0. The second-order valence-electron chi connectivity index (χ2n) is 4.95. The molecule has 8 heteroatoms. The van der Waals surface area contributed by atoms with Gasteiger partial charge in [-0.25, -0.2) is 13.4 Å². The Hall–Kier alpha value is -0.630. The van der Waals surface area contributed by atoms with Gasteiger partial charge in [-0.15, -0.1) is 11.6 Å². The van der Waals surface area contributed by atoms with Crippen molar-refractivity contribution in [1.29, 1.82) is 0 Å². The van der Waals surface area contributed by atoms with Crippen LogP contribution in [0.25, 0.3) is 0 Å². The summed E-state index contributed by atoms with van der Waals surface area (Å²) in [5, 5.41) is 0.0962. The SMILES string of the molecule is CCn1cc(S(=O)(=O)N2CC(CCl)OCC2C)nc1C. The van der Waals surface area contributed by atoms with Gasteiger partial charge in [-0.2, -0.15) is 4.31 Å². The van der Waals surface area contributed by atoms with Gasteiger partial charge < -0.3 is 9.30 Å². The van der Waals surface area contributed by atoms with Gasteiger partial charge in [-0.3, -0.25) is 0 Å². The Kier molecular flexibility index (Phi) is 4.73. The van der Waals surface area contributed by atoms with Crippen LogP contribution in [0.15, 0.2) is 11.2 Å². The van der Waals surface area contributed by atoms with E-state index in [4.69, 9.17) is 16.3 Å². The second-order valence-corrected chi connectivity index (χ2v) is 7.09. The molecule has 0 radical (unpaired) electrons. The maximum Gasteiger partial charge on any atom is 0.262 e. The number of rotatable bonds is 4. The van der Waals surface area contributed by atoms with E-state index in [0.717, 1.165) is 0 Å². The summed E-state index contributed by atoms with van der Waals surface area (Å²) in [6.07, 6.45) is 1.32. The van der Waals surface area contributed by atoms with E-state index in [1.165, 1.54) is 4.31 Å². The number of alkyl halides is 1. The Balaban J connectivity index is 2.32. The first-order chi connectivity index (χ1) is 9.40. The highest BCUT2D eigenvalue weighted by molar-refractivity contribution is 7.89. The molecule has 1 aliphatic heterocycles. The third-order valence-corrected chi connectivity index (χ3v) is 5.68. The van der Waals surface area contributed by atoms with Crippen molar-refractivity contribution < 1.29 is 13.2 Å². The van der Waals surface area contributed by atoms with E-state index in [2.05, 4.69) is 4.98 Å². The van der Waals surface area contributed by atoms with Crippen molar-refractivity contribution in [2.75, 3.05) is 19.0 Å². The topological polar surface area (TPSA) is 64.4 Å². The predicted molar refractivity (Wildman–Crippen MR) is 76.5 cm³/mol. The van der Waals surface area contributed by atoms with Crippen molar-refractivity contribution in [1.82, 2.24) is 13.9 Å².